The number of benzene rings is 1. The van der Waals surface area contributed by atoms with Crippen molar-refractivity contribution >= 4 is 24.7 Å². The molecule has 0 radical (unpaired) electrons. The second kappa shape index (κ2) is 8.58. The average molecular weight is 454 g/mol. The first-order valence-electron chi connectivity index (χ1n) is 10.9. The number of halogens is 2. The molecule has 1 aromatic carbocycles. The number of rotatable bonds is 6. The second-order valence-electron chi connectivity index (χ2n) is 7.92. The summed E-state index contributed by atoms with van der Waals surface area (Å²) >= 11 is 0. The van der Waals surface area contributed by atoms with E-state index in [2.05, 4.69) is 35.1 Å². The molecule has 0 spiro atoms. The average Bonchev–Trinajstić information content (AvgIpc) is 3.55. The van der Waals surface area contributed by atoms with Gasteiger partial charge in [-0.25, -0.2) is 23.0 Å². The first-order chi connectivity index (χ1) is 15.6. The van der Waals surface area contributed by atoms with Gasteiger partial charge in [0.15, 0.2) is 5.65 Å². The highest BCUT2D eigenvalue weighted by Crippen LogP contribution is 2.37. The van der Waals surface area contributed by atoms with Gasteiger partial charge in [-0.15, -0.1) is 0 Å². The van der Waals surface area contributed by atoms with Crippen LogP contribution in [0.5, 0.6) is 0 Å². The quantitative estimate of drug-likeness (QED) is 0.397. The zero-order valence-corrected chi connectivity index (χ0v) is 19.0. The van der Waals surface area contributed by atoms with Gasteiger partial charge in [0.25, 0.3) is 0 Å². The lowest BCUT2D eigenvalue weighted by molar-refractivity contribution is 0.560. The molecule has 1 atom stereocenters. The van der Waals surface area contributed by atoms with Crippen molar-refractivity contribution in [2.75, 3.05) is 23.8 Å². The predicted molar refractivity (Wildman–Crippen MR) is 123 cm³/mol. The summed E-state index contributed by atoms with van der Waals surface area (Å²) in [6, 6.07) is 5.28. The third-order valence-electron chi connectivity index (χ3n) is 6.14. The van der Waals surface area contributed by atoms with Crippen LogP contribution in [-0.4, -0.2) is 43.2 Å². The predicted octanol–water partition coefficient (Wildman–Crippen LogP) is 4.68. The van der Waals surface area contributed by atoms with E-state index in [9.17, 15) is 8.78 Å². The molecular weight excluding hydrogens is 429 g/mol. The molecule has 0 aliphatic carbocycles. The van der Waals surface area contributed by atoms with E-state index in [-0.39, 0.29) is 19.8 Å². The molecule has 0 unspecified atom stereocenters. The minimum absolute atomic E-state index is 0.206. The summed E-state index contributed by atoms with van der Waals surface area (Å²) in [5, 5.41) is 10.3. The smallest absolute Gasteiger partial charge is 0.183 e. The minimum atomic E-state index is -0.427. The first-order valence-corrected chi connectivity index (χ1v) is 12.7. The fourth-order valence-corrected chi connectivity index (χ4v) is 6.17. The molecule has 0 amide bonds. The molecule has 1 fully saturated rings. The summed E-state index contributed by atoms with van der Waals surface area (Å²) in [5.74, 6) is -0.0904. The molecule has 1 aliphatic rings. The van der Waals surface area contributed by atoms with Crippen molar-refractivity contribution in [2.24, 2.45) is 0 Å². The Bertz CT molecular complexity index is 1250. The molecule has 1 saturated heterocycles. The highest BCUT2D eigenvalue weighted by molar-refractivity contribution is 7.65. The van der Waals surface area contributed by atoms with Crippen LogP contribution in [0.1, 0.15) is 38.3 Å². The zero-order valence-electron chi connectivity index (χ0n) is 18.1. The molecule has 166 valence electrons. The van der Waals surface area contributed by atoms with E-state index in [0.29, 0.717) is 11.2 Å². The SMILES string of the molecule is CCP(CC)c1cnn(-c2cnn3ccc(N4CCC[C@@H]4c4cc(F)ccc4F)nc23)c1. The van der Waals surface area contributed by atoms with Gasteiger partial charge in [-0.05, 0) is 49.4 Å². The molecule has 0 saturated carbocycles. The minimum Gasteiger partial charge on any atom is -0.349 e. The van der Waals surface area contributed by atoms with Gasteiger partial charge in [0.1, 0.15) is 23.1 Å². The summed E-state index contributed by atoms with van der Waals surface area (Å²) in [6.07, 6.45) is 11.5. The Morgan fingerprint density at radius 2 is 1.94 bits per heavy atom. The van der Waals surface area contributed by atoms with Crippen LogP contribution in [0.15, 0.2) is 49.1 Å². The molecule has 0 N–H and O–H groups in total. The van der Waals surface area contributed by atoms with Gasteiger partial charge >= 0.3 is 0 Å². The summed E-state index contributed by atoms with van der Waals surface area (Å²) < 4.78 is 31.9. The highest BCUT2D eigenvalue weighted by atomic mass is 31.1. The van der Waals surface area contributed by atoms with Crippen molar-refractivity contribution in [3.63, 3.8) is 0 Å². The highest BCUT2D eigenvalue weighted by Gasteiger charge is 2.30. The van der Waals surface area contributed by atoms with Crippen LogP contribution in [0, 0.1) is 11.6 Å². The van der Waals surface area contributed by atoms with Crippen molar-refractivity contribution in [1.29, 1.82) is 0 Å². The van der Waals surface area contributed by atoms with Gasteiger partial charge in [0.2, 0.25) is 0 Å². The Morgan fingerprint density at radius 3 is 2.75 bits per heavy atom. The number of fused-ring (bicyclic) bond motifs is 1. The molecule has 32 heavy (non-hydrogen) atoms. The van der Waals surface area contributed by atoms with Crippen LogP contribution < -0.4 is 10.2 Å². The molecule has 4 aromatic rings. The second-order valence-corrected chi connectivity index (χ2v) is 10.8. The van der Waals surface area contributed by atoms with Gasteiger partial charge in [-0.3, -0.25) is 0 Å². The maximum absolute atomic E-state index is 14.5. The fourth-order valence-electron chi connectivity index (χ4n) is 4.50. The van der Waals surface area contributed by atoms with Gasteiger partial charge in [0.05, 0.1) is 18.4 Å². The van der Waals surface area contributed by atoms with Crippen LogP contribution in [-0.2, 0) is 0 Å². The maximum atomic E-state index is 14.5. The number of hydrogen-bond acceptors (Lipinski definition) is 4. The molecule has 6 nitrogen and oxygen atoms in total. The van der Waals surface area contributed by atoms with Gasteiger partial charge in [-0.1, -0.05) is 21.8 Å². The summed E-state index contributed by atoms with van der Waals surface area (Å²) in [4.78, 5) is 6.92. The lowest BCUT2D eigenvalue weighted by Crippen LogP contribution is -2.24. The zero-order chi connectivity index (χ0) is 22.2. The molecule has 3 aromatic heterocycles. The van der Waals surface area contributed by atoms with Crippen molar-refractivity contribution in [3.05, 3.63) is 66.3 Å². The van der Waals surface area contributed by atoms with E-state index < -0.39 is 5.82 Å². The molecule has 4 heterocycles. The Hall–Kier alpha value is -2.86. The Labute approximate surface area is 186 Å². The summed E-state index contributed by atoms with van der Waals surface area (Å²) in [7, 11) is -0.206. The number of anilines is 1. The van der Waals surface area contributed by atoms with Crippen molar-refractivity contribution in [1.82, 2.24) is 24.4 Å². The third-order valence-corrected chi connectivity index (χ3v) is 8.63. The summed E-state index contributed by atoms with van der Waals surface area (Å²) in [6.45, 7) is 5.16. The normalized spacial score (nSPS) is 16.5. The Kier molecular flexibility index (Phi) is 5.64. The number of nitrogens with zero attached hydrogens (tertiary/aromatic N) is 6. The summed E-state index contributed by atoms with van der Waals surface area (Å²) in [5.41, 5.74) is 1.86. The van der Waals surface area contributed by atoms with Crippen molar-refractivity contribution in [3.8, 4) is 5.69 Å². The molecular formula is C23H25F2N6P. The van der Waals surface area contributed by atoms with Crippen LogP contribution >= 0.6 is 7.92 Å². The Balaban J connectivity index is 1.52. The van der Waals surface area contributed by atoms with E-state index in [1.807, 2.05) is 23.1 Å². The number of aromatic nitrogens is 5. The molecule has 5 rings (SSSR count). The van der Waals surface area contributed by atoms with Crippen LogP contribution in [0.4, 0.5) is 14.6 Å². The first kappa shape index (κ1) is 21.0. The van der Waals surface area contributed by atoms with E-state index in [0.717, 1.165) is 49.3 Å². The molecule has 1 aliphatic heterocycles. The molecule has 0 bridgehead atoms. The lowest BCUT2D eigenvalue weighted by Gasteiger charge is -2.26. The van der Waals surface area contributed by atoms with E-state index in [4.69, 9.17) is 4.98 Å². The standard InChI is InChI=1S/C23H25F2N6P/c1-3-32(4-2)17-13-26-31(15-17)21-14-27-30-11-9-22(28-23(21)30)29-10-5-6-20(29)18-12-16(24)7-8-19(18)25/h7-9,11-15,20H,3-6,10H2,1-2H3/t20-/m1/s1. The largest absolute Gasteiger partial charge is 0.349 e. The van der Waals surface area contributed by atoms with Gasteiger partial charge in [0, 0.05) is 29.8 Å². The van der Waals surface area contributed by atoms with Gasteiger partial charge < -0.3 is 4.90 Å². The van der Waals surface area contributed by atoms with Crippen molar-refractivity contribution < 1.29 is 8.78 Å². The van der Waals surface area contributed by atoms with Crippen LogP contribution in [0.25, 0.3) is 11.3 Å². The topological polar surface area (TPSA) is 51.3 Å². The van der Waals surface area contributed by atoms with Crippen LogP contribution in [0.3, 0.4) is 0 Å². The third kappa shape index (κ3) is 3.66. The fraction of sp³-hybridized carbons (Fsp3) is 0.348. The Morgan fingerprint density at radius 1 is 1.09 bits per heavy atom. The van der Waals surface area contributed by atoms with E-state index in [1.165, 1.54) is 17.4 Å². The van der Waals surface area contributed by atoms with E-state index in [1.54, 1.807) is 10.7 Å². The monoisotopic (exact) mass is 454 g/mol. The van der Waals surface area contributed by atoms with Gasteiger partial charge in [-0.2, -0.15) is 10.2 Å². The van der Waals surface area contributed by atoms with Crippen LogP contribution in [0.2, 0.25) is 0 Å². The number of hydrogen-bond donors (Lipinski definition) is 0. The maximum Gasteiger partial charge on any atom is 0.183 e. The molecule has 9 heteroatoms. The lowest BCUT2D eigenvalue weighted by atomic mass is 10.0. The van der Waals surface area contributed by atoms with E-state index >= 15 is 0 Å². The van der Waals surface area contributed by atoms with Crippen molar-refractivity contribution in [2.45, 2.75) is 32.7 Å².